The summed E-state index contributed by atoms with van der Waals surface area (Å²) >= 11 is 5.83. The molecule has 2 rings (SSSR count). The SMILES string of the molecule is CC1(C(=O)O)CCN(C(=O)Nc2cnc(C#N)c(Cl)c2)C1. The number of amides is 2. The van der Waals surface area contributed by atoms with Gasteiger partial charge in [-0.15, -0.1) is 0 Å². The van der Waals surface area contributed by atoms with Gasteiger partial charge in [-0.3, -0.25) is 4.79 Å². The maximum absolute atomic E-state index is 12.1. The van der Waals surface area contributed by atoms with Crippen LogP contribution in [0.2, 0.25) is 5.02 Å². The summed E-state index contributed by atoms with van der Waals surface area (Å²) in [5.74, 6) is -0.916. The number of carboxylic acid groups (broad SMARTS) is 1. The molecule has 110 valence electrons. The van der Waals surface area contributed by atoms with E-state index in [1.807, 2.05) is 6.07 Å². The zero-order chi connectivity index (χ0) is 15.6. The summed E-state index contributed by atoms with van der Waals surface area (Å²) in [5.41, 5.74) is -0.486. The summed E-state index contributed by atoms with van der Waals surface area (Å²) in [7, 11) is 0. The number of carboxylic acids is 1. The van der Waals surface area contributed by atoms with E-state index in [9.17, 15) is 9.59 Å². The molecule has 1 fully saturated rings. The van der Waals surface area contributed by atoms with Gasteiger partial charge in [0.15, 0.2) is 5.69 Å². The van der Waals surface area contributed by atoms with Gasteiger partial charge in [-0.1, -0.05) is 11.6 Å². The van der Waals surface area contributed by atoms with Gasteiger partial charge in [0, 0.05) is 13.1 Å². The van der Waals surface area contributed by atoms with E-state index in [1.165, 1.54) is 17.2 Å². The number of aromatic nitrogens is 1. The highest BCUT2D eigenvalue weighted by molar-refractivity contribution is 6.31. The number of carbonyl (C=O) groups is 2. The van der Waals surface area contributed by atoms with Crippen molar-refractivity contribution in [2.45, 2.75) is 13.3 Å². The lowest BCUT2D eigenvalue weighted by Gasteiger charge is -2.20. The van der Waals surface area contributed by atoms with Gasteiger partial charge < -0.3 is 15.3 Å². The lowest BCUT2D eigenvalue weighted by Crippen LogP contribution is -2.37. The first-order valence-corrected chi connectivity index (χ1v) is 6.58. The molecule has 0 aromatic carbocycles. The van der Waals surface area contributed by atoms with E-state index in [1.54, 1.807) is 6.92 Å². The largest absolute Gasteiger partial charge is 0.481 e. The van der Waals surface area contributed by atoms with Crippen molar-refractivity contribution in [3.63, 3.8) is 0 Å². The van der Waals surface area contributed by atoms with Crippen molar-refractivity contribution in [1.29, 1.82) is 5.26 Å². The maximum Gasteiger partial charge on any atom is 0.321 e. The Balaban J connectivity index is 2.05. The zero-order valence-corrected chi connectivity index (χ0v) is 12.0. The van der Waals surface area contributed by atoms with Crippen LogP contribution in [-0.2, 0) is 4.79 Å². The average Bonchev–Trinajstić information content (AvgIpc) is 2.83. The Kier molecular flexibility index (Phi) is 4.00. The summed E-state index contributed by atoms with van der Waals surface area (Å²) in [6.45, 7) is 2.13. The summed E-state index contributed by atoms with van der Waals surface area (Å²) in [4.78, 5) is 28.5. The van der Waals surface area contributed by atoms with Crippen molar-refractivity contribution in [2.24, 2.45) is 5.41 Å². The first-order chi connectivity index (χ1) is 9.85. The first-order valence-electron chi connectivity index (χ1n) is 6.21. The highest BCUT2D eigenvalue weighted by atomic mass is 35.5. The lowest BCUT2D eigenvalue weighted by atomic mass is 9.90. The molecule has 1 aliphatic heterocycles. The fourth-order valence-corrected chi connectivity index (χ4v) is 2.31. The predicted octanol–water partition coefficient (Wildman–Crippen LogP) is 1.94. The molecule has 0 saturated carbocycles. The molecule has 7 nitrogen and oxygen atoms in total. The standard InChI is InChI=1S/C13H13ClN4O3/c1-13(11(19)20)2-3-18(7-13)12(21)17-8-4-9(14)10(5-15)16-6-8/h4,6H,2-3,7H2,1H3,(H,17,21)(H,19,20). The van der Waals surface area contributed by atoms with E-state index in [0.717, 1.165) is 0 Å². The summed E-state index contributed by atoms with van der Waals surface area (Å²) in [5, 5.41) is 20.6. The lowest BCUT2D eigenvalue weighted by molar-refractivity contribution is -0.146. The van der Waals surface area contributed by atoms with Crippen molar-refractivity contribution in [3.05, 3.63) is 23.0 Å². The van der Waals surface area contributed by atoms with E-state index >= 15 is 0 Å². The Morgan fingerprint density at radius 3 is 2.86 bits per heavy atom. The third-order valence-electron chi connectivity index (χ3n) is 3.48. The van der Waals surface area contributed by atoms with E-state index in [-0.39, 0.29) is 17.3 Å². The minimum Gasteiger partial charge on any atom is -0.481 e. The average molecular weight is 309 g/mol. The summed E-state index contributed by atoms with van der Waals surface area (Å²) in [6, 6.07) is 2.84. The molecular weight excluding hydrogens is 296 g/mol. The second kappa shape index (κ2) is 5.58. The molecule has 1 aliphatic rings. The number of halogens is 1. The number of hydrogen-bond donors (Lipinski definition) is 2. The van der Waals surface area contributed by atoms with Crippen LogP contribution in [0.1, 0.15) is 19.0 Å². The van der Waals surface area contributed by atoms with Crippen LogP contribution in [-0.4, -0.2) is 40.1 Å². The number of aliphatic carboxylic acids is 1. The van der Waals surface area contributed by atoms with Gasteiger partial charge in [0.05, 0.1) is 22.3 Å². The molecular formula is C13H13ClN4O3. The number of pyridine rings is 1. The number of rotatable bonds is 2. The number of nitrogens with zero attached hydrogens (tertiary/aromatic N) is 3. The van der Waals surface area contributed by atoms with Gasteiger partial charge in [0.2, 0.25) is 0 Å². The van der Waals surface area contributed by atoms with Crippen LogP contribution in [0.25, 0.3) is 0 Å². The van der Waals surface area contributed by atoms with Crippen LogP contribution in [0, 0.1) is 16.7 Å². The van der Waals surface area contributed by atoms with Gasteiger partial charge in [0.1, 0.15) is 6.07 Å². The monoisotopic (exact) mass is 308 g/mol. The second-order valence-corrected chi connectivity index (χ2v) is 5.54. The van der Waals surface area contributed by atoms with Crippen LogP contribution in [0.15, 0.2) is 12.3 Å². The molecule has 1 aromatic heterocycles. The van der Waals surface area contributed by atoms with E-state index in [4.69, 9.17) is 22.0 Å². The summed E-state index contributed by atoms with van der Waals surface area (Å²) in [6.07, 6.45) is 1.73. The van der Waals surface area contributed by atoms with E-state index in [0.29, 0.717) is 18.7 Å². The molecule has 0 bridgehead atoms. The molecule has 1 aromatic rings. The zero-order valence-electron chi connectivity index (χ0n) is 11.3. The molecule has 8 heteroatoms. The maximum atomic E-state index is 12.1. The molecule has 1 unspecified atom stereocenters. The van der Waals surface area contributed by atoms with Crippen LogP contribution in [0.5, 0.6) is 0 Å². The number of nitrogens with one attached hydrogen (secondary N) is 1. The van der Waals surface area contributed by atoms with Gasteiger partial charge in [-0.05, 0) is 19.4 Å². The number of hydrogen-bond acceptors (Lipinski definition) is 4. The minimum absolute atomic E-state index is 0.0780. The molecule has 2 heterocycles. The Morgan fingerprint density at radius 1 is 1.62 bits per heavy atom. The Labute approximate surface area is 126 Å². The third-order valence-corrected chi connectivity index (χ3v) is 3.76. The molecule has 1 atom stereocenters. The van der Waals surface area contributed by atoms with Gasteiger partial charge in [-0.25, -0.2) is 9.78 Å². The van der Waals surface area contributed by atoms with Crippen molar-refractivity contribution in [1.82, 2.24) is 9.88 Å². The number of anilines is 1. The number of urea groups is 1. The smallest absolute Gasteiger partial charge is 0.321 e. The quantitative estimate of drug-likeness (QED) is 0.868. The fraction of sp³-hybridized carbons (Fsp3) is 0.385. The number of carbonyl (C=O) groups excluding carboxylic acids is 1. The Hall–Kier alpha value is -2.33. The summed E-state index contributed by atoms with van der Waals surface area (Å²) < 4.78 is 0. The molecule has 0 spiro atoms. The molecule has 0 radical (unpaired) electrons. The number of nitriles is 1. The van der Waals surface area contributed by atoms with Crippen LogP contribution in [0.4, 0.5) is 10.5 Å². The second-order valence-electron chi connectivity index (χ2n) is 5.13. The van der Waals surface area contributed by atoms with Crippen molar-refractivity contribution >= 4 is 29.3 Å². The van der Waals surface area contributed by atoms with Crippen LogP contribution in [0.3, 0.4) is 0 Å². The fourth-order valence-electron chi connectivity index (χ4n) is 2.10. The van der Waals surface area contributed by atoms with Crippen molar-refractivity contribution in [3.8, 4) is 6.07 Å². The molecule has 0 aliphatic carbocycles. The highest BCUT2D eigenvalue weighted by Gasteiger charge is 2.42. The Bertz CT molecular complexity index is 643. The van der Waals surface area contributed by atoms with Crippen molar-refractivity contribution < 1.29 is 14.7 Å². The van der Waals surface area contributed by atoms with Gasteiger partial charge in [0.25, 0.3) is 0 Å². The van der Waals surface area contributed by atoms with Crippen LogP contribution >= 0.6 is 11.6 Å². The van der Waals surface area contributed by atoms with Gasteiger partial charge >= 0.3 is 12.0 Å². The van der Waals surface area contributed by atoms with Crippen molar-refractivity contribution in [2.75, 3.05) is 18.4 Å². The highest BCUT2D eigenvalue weighted by Crippen LogP contribution is 2.30. The Morgan fingerprint density at radius 2 is 2.33 bits per heavy atom. The normalized spacial score (nSPS) is 20.9. The van der Waals surface area contributed by atoms with Crippen LogP contribution < -0.4 is 5.32 Å². The van der Waals surface area contributed by atoms with E-state index in [2.05, 4.69) is 10.3 Å². The third kappa shape index (κ3) is 3.06. The molecule has 21 heavy (non-hydrogen) atoms. The van der Waals surface area contributed by atoms with E-state index < -0.39 is 17.4 Å². The minimum atomic E-state index is -0.919. The van der Waals surface area contributed by atoms with Gasteiger partial charge in [-0.2, -0.15) is 5.26 Å². The molecule has 1 saturated heterocycles. The molecule has 2 N–H and O–H groups in total. The predicted molar refractivity (Wildman–Crippen MR) is 74.9 cm³/mol. The topological polar surface area (TPSA) is 106 Å². The molecule has 2 amide bonds. The number of likely N-dealkylation sites (tertiary alicyclic amines) is 1. The first kappa shape index (κ1) is 15.1.